The lowest BCUT2D eigenvalue weighted by atomic mass is 10.2. The maximum atomic E-state index is 6.03. The first-order valence-electron chi connectivity index (χ1n) is 5.85. The van der Waals surface area contributed by atoms with Gasteiger partial charge < -0.3 is 10.1 Å². The summed E-state index contributed by atoms with van der Waals surface area (Å²) in [6.07, 6.45) is 1.11. The summed E-state index contributed by atoms with van der Waals surface area (Å²) < 4.78 is 6.08. The van der Waals surface area contributed by atoms with Gasteiger partial charge in [0, 0.05) is 15.1 Å². The molecule has 2 heterocycles. The zero-order valence-corrected chi connectivity index (χ0v) is 12.8. The molecule has 0 aliphatic rings. The summed E-state index contributed by atoms with van der Waals surface area (Å²) >= 11 is 9.37. The van der Waals surface area contributed by atoms with Crippen LogP contribution >= 0.6 is 34.3 Å². The van der Waals surface area contributed by atoms with E-state index in [4.69, 9.17) is 16.3 Å². The molecule has 0 saturated heterocycles. The molecule has 1 N–H and O–H groups in total. The van der Waals surface area contributed by atoms with Crippen LogP contribution in [0.2, 0.25) is 4.34 Å². The van der Waals surface area contributed by atoms with Gasteiger partial charge in [0.05, 0.1) is 17.5 Å². The summed E-state index contributed by atoms with van der Waals surface area (Å²) in [6, 6.07) is 6.35. The molecule has 0 aromatic carbocycles. The third-order valence-electron chi connectivity index (χ3n) is 2.59. The number of hydrogen-bond donors (Lipinski definition) is 1. The minimum Gasteiger partial charge on any atom is -0.496 e. The Morgan fingerprint density at radius 3 is 2.78 bits per heavy atom. The van der Waals surface area contributed by atoms with Crippen molar-refractivity contribution in [3.05, 3.63) is 37.7 Å². The number of thiophene rings is 2. The van der Waals surface area contributed by atoms with Gasteiger partial charge in [-0.15, -0.1) is 22.7 Å². The fourth-order valence-electron chi connectivity index (χ4n) is 1.71. The first kappa shape index (κ1) is 13.9. The Kier molecular flexibility index (Phi) is 5.06. The quantitative estimate of drug-likeness (QED) is 0.844. The van der Waals surface area contributed by atoms with Gasteiger partial charge in [-0.05, 0) is 31.2 Å². The number of rotatable bonds is 6. The number of ether oxygens (including phenoxy) is 1. The highest BCUT2D eigenvalue weighted by Gasteiger charge is 2.17. The Balaban J connectivity index is 2.24. The number of nitrogens with one attached hydrogen (secondary N) is 1. The molecular weight excluding hydrogens is 286 g/mol. The topological polar surface area (TPSA) is 21.3 Å². The highest BCUT2D eigenvalue weighted by atomic mass is 35.5. The molecule has 98 valence electrons. The molecule has 0 aliphatic heterocycles. The van der Waals surface area contributed by atoms with Crippen molar-refractivity contribution >= 4 is 34.3 Å². The number of hydrogen-bond acceptors (Lipinski definition) is 4. The van der Waals surface area contributed by atoms with E-state index in [2.05, 4.69) is 24.4 Å². The molecule has 0 spiro atoms. The van der Waals surface area contributed by atoms with E-state index in [1.165, 1.54) is 9.75 Å². The second-order valence-electron chi connectivity index (χ2n) is 3.92. The van der Waals surface area contributed by atoms with Gasteiger partial charge in [-0.2, -0.15) is 0 Å². The molecule has 2 rings (SSSR count). The summed E-state index contributed by atoms with van der Waals surface area (Å²) in [6.45, 7) is 3.15. The van der Waals surface area contributed by atoms with Gasteiger partial charge in [0.15, 0.2) is 0 Å². The van der Waals surface area contributed by atoms with Crippen molar-refractivity contribution in [2.24, 2.45) is 0 Å². The highest BCUT2D eigenvalue weighted by Crippen LogP contribution is 2.35. The van der Waals surface area contributed by atoms with Gasteiger partial charge >= 0.3 is 0 Å². The third-order valence-corrected chi connectivity index (χ3v) is 4.86. The molecular formula is C13H16ClNOS2. The van der Waals surface area contributed by atoms with Crippen molar-refractivity contribution in [3.8, 4) is 5.75 Å². The van der Waals surface area contributed by atoms with E-state index in [1.807, 2.05) is 11.4 Å². The Bertz CT molecular complexity index is 495. The van der Waals surface area contributed by atoms with Crippen molar-refractivity contribution in [3.63, 3.8) is 0 Å². The second kappa shape index (κ2) is 6.57. The van der Waals surface area contributed by atoms with Crippen LogP contribution in [0.4, 0.5) is 0 Å². The molecule has 1 unspecified atom stereocenters. The van der Waals surface area contributed by atoms with E-state index >= 15 is 0 Å². The van der Waals surface area contributed by atoms with Crippen LogP contribution in [0.3, 0.4) is 0 Å². The van der Waals surface area contributed by atoms with E-state index in [0.29, 0.717) is 0 Å². The second-order valence-corrected chi connectivity index (χ2v) is 6.61. The molecule has 0 amide bonds. The van der Waals surface area contributed by atoms with Crippen LogP contribution in [0.5, 0.6) is 5.75 Å². The van der Waals surface area contributed by atoms with Crippen LogP contribution in [-0.2, 0) is 0 Å². The fraction of sp³-hybridized carbons (Fsp3) is 0.385. The van der Waals surface area contributed by atoms with Crippen molar-refractivity contribution in [2.45, 2.75) is 19.4 Å². The Hall–Kier alpha value is -0.550. The molecule has 0 fully saturated rings. The summed E-state index contributed by atoms with van der Waals surface area (Å²) in [7, 11) is 1.70. The average molecular weight is 302 g/mol. The lowest BCUT2D eigenvalue weighted by Gasteiger charge is -2.15. The van der Waals surface area contributed by atoms with Crippen molar-refractivity contribution < 1.29 is 4.74 Å². The van der Waals surface area contributed by atoms with Gasteiger partial charge in [0.25, 0.3) is 0 Å². The fourth-order valence-corrected chi connectivity index (χ4v) is 3.88. The largest absolute Gasteiger partial charge is 0.496 e. The summed E-state index contributed by atoms with van der Waals surface area (Å²) in [5, 5.41) is 5.59. The monoisotopic (exact) mass is 301 g/mol. The van der Waals surface area contributed by atoms with Crippen LogP contribution in [0, 0.1) is 0 Å². The minimum absolute atomic E-state index is 0.219. The summed E-state index contributed by atoms with van der Waals surface area (Å²) in [4.78, 5) is 2.51. The highest BCUT2D eigenvalue weighted by molar-refractivity contribution is 7.16. The summed E-state index contributed by atoms with van der Waals surface area (Å²) in [5.74, 6) is 0.918. The molecule has 0 radical (unpaired) electrons. The maximum Gasteiger partial charge on any atom is 0.129 e. The predicted molar refractivity (Wildman–Crippen MR) is 80.3 cm³/mol. The lowest BCUT2D eigenvalue weighted by molar-refractivity contribution is 0.416. The van der Waals surface area contributed by atoms with Gasteiger partial charge in [0.2, 0.25) is 0 Å². The third kappa shape index (κ3) is 3.26. The molecule has 2 aromatic heterocycles. The smallest absolute Gasteiger partial charge is 0.129 e. The Morgan fingerprint density at radius 1 is 1.39 bits per heavy atom. The van der Waals surface area contributed by atoms with Crippen molar-refractivity contribution in [2.75, 3.05) is 13.7 Å². The molecule has 5 heteroatoms. The Labute approximate surface area is 121 Å². The molecule has 0 bridgehead atoms. The van der Waals surface area contributed by atoms with Gasteiger partial charge in [-0.1, -0.05) is 18.5 Å². The zero-order chi connectivity index (χ0) is 13.0. The number of methoxy groups -OCH3 is 1. The van der Waals surface area contributed by atoms with Crippen molar-refractivity contribution in [1.29, 1.82) is 0 Å². The van der Waals surface area contributed by atoms with E-state index in [9.17, 15) is 0 Å². The summed E-state index contributed by atoms with van der Waals surface area (Å²) in [5.41, 5.74) is 0. The van der Waals surface area contributed by atoms with Crippen LogP contribution in [0.1, 0.15) is 29.1 Å². The first-order valence-corrected chi connectivity index (χ1v) is 7.93. The molecule has 2 aromatic rings. The molecule has 2 nitrogen and oxygen atoms in total. The van der Waals surface area contributed by atoms with E-state index in [-0.39, 0.29) is 6.04 Å². The van der Waals surface area contributed by atoms with Crippen LogP contribution in [-0.4, -0.2) is 13.7 Å². The average Bonchev–Trinajstić information content (AvgIpc) is 2.99. The minimum atomic E-state index is 0.219. The maximum absolute atomic E-state index is 6.03. The SMILES string of the molecule is CCCNC(c1cc(OC)cs1)c1ccc(Cl)s1. The van der Waals surface area contributed by atoms with Crippen molar-refractivity contribution in [1.82, 2.24) is 5.32 Å². The lowest BCUT2D eigenvalue weighted by Crippen LogP contribution is -2.21. The molecule has 0 aliphatic carbocycles. The van der Waals surface area contributed by atoms with Gasteiger partial charge in [0.1, 0.15) is 5.75 Å². The van der Waals surface area contributed by atoms with E-state index in [0.717, 1.165) is 23.1 Å². The molecule has 0 saturated carbocycles. The normalized spacial score (nSPS) is 12.6. The Morgan fingerprint density at radius 2 is 2.22 bits per heavy atom. The predicted octanol–water partition coefficient (Wildman–Crippen LogP) is 4.56. The van der Waals surface area contributed by atoms with E-state index in [1.54, 1.807) is 29.8 Å². The number of halogens is 1. The van der Waals surface area contributed by atoms with Crippen LogP contribution < -0.4 is 10.1 Å². The molecule has 1 atom stereocenters. The molecule has 18 heavy (non-hydrogen) atoms. The van der Waals surface area contributed by atoms with E-state index < -0.39 is 0 Å². The standard InChI is InChI=1S/C13H16ClNOS2/c1-3-6-15-13(10-4-5-12(14)18-10)11-7-9(16-2)8-17-11/h4-5,7-8,13,15H,3,6H2,1-2H3. The van der Waals surface area contributed by atoms with Crippen LogP contribution in [0.25, 0.3) is 0 Å². The van der Waals surface area contributed by atoms with Crippen LogP contribution in [0.15, 0.2) is 23.6 Å². The zero-order valence-electron chi connectivity index (χ0n) is 10.4. The van der Waals surface area contributed by atoms with Gasteiger partial charge in [-0.25, -0.2) is 0 Å². The first-order chi connectivity index (χ1) is 8.74. The van der Waals surface area contributed by atoms with Gasteiger partial charge in [-0.3, -0.25) is 0 Å².